The second kappa shape index (κ2) is 6.19. The van der Waals surface area contributed by atoms with Crippen molar-refractivity contribution in [1.82, 2.24) is 4.90 Å². The SMILES string of the molecule is Cc1ccc(CN(C)C(=O)CC(C)C(=O)O)cc1. The van der Waals surface area contributed by atoms with E-state index in [1.807, 2.05) is 31.2 Å². The lowest BCUT2D eigenvalue weighted by Gasteiger charge is -2.18. The average molecular weight is 249 g/mol. The number of nitrogens with zero attached hydrogens (tertiary/aromatic N) is 1. The molecule has 98 valence electrons. The van der Waals surface area contributed by atoms with Gasteiger partial charge in [-0.25, -0.2) is 0 Å². The molecule has 1 amide bonds. The van der Waals surface area contributed by atoms with Crippen molar-refractivity contribution in [2.24, 2.45) is 5.92 Å². The minimum atomic E-state index is -0.938. The lowest BCUT2D eigenvalue weighted by molar-refractivity contribution is -0.145. The maximum Gasteiger partial charge on any atom is 0.306 e. The zero-order valence-corrected chi connectivity index (χ0v) is 11.0. The predicted molar refractivity (Wildman–Crippen MR) is 69.1 cm³/mol. The molecule has 0 heterocycles. The first-order chi connectivity index (χ1) is 8.40. The van der Waals surface area contributed by atoms with E-state index in [1.54, 1.807) is 18.9 Å². The monoisotopic (exact) mass is 249 g/mol. The molecule has 4 nitrogen and oxygen atoms in total. The second-order valence-corrected chi connectivity index (χ2v) is 4.68. The van der Waals surface area contributed by atoms with Crippen molar-refractivity contribution in [3.8, 4) is 0 Å². The number of hydrogen-bond donors (Lipinski definition) is 1. The van der Waals surface area contributed by atoms with Crippen molar-refractivity contribution >= 4 is 11.9 Å². The number of hydrogen-bond acceptors (Lipinski definition) is 2. The van der Waals surface area contributed by atoms with Gasteiger partial charge in [0.15, 0.2) is 0 Å². The Morgan fingerprint density at radius 2 is 1.83 bits per heavy atom. The summed E-state index contributed by atoms with van der Waals surface area (Å²) in [7, 11) is 1.69. The molecular formula is C14H19NO3. The highest BCUT2D eigenvalue weighted by atomic mass is 16.4. The van der Waals surface area contributed by atoms with Crippen LogP contribution < -0.4 is 0 Å². The Hall–Kier alpha value is -1.84. The van der Waals surface area contributed by atoms with E-state index in [9.17, 15) is 9.59 Å². The van der Waals surface area contributed by atoms with E-state index >= 15 is 0 Å². The first-order valence-corrected chi connectivity index (χ1v) is 5.92. The summed E-state index contributed by atoms with van der Waals surface area (Å²) in [6.45, 7) is 4.05. The molecule has 0 saturated carbocycles. The molecule has 1 N–H and O–H groups in total. The first kappa shape index (κ1) is 14.2. The molecule has 0 spiro atoms. The summed E-state index contributed by atoms with van der Waals surface area (Å²) in [6.07, 6.45) is 0.0394. The smallest absolute Gasteiger partial charge is 0.306 e. The summed E-state index contributed by atoms with van der Waals surface area (Å²) < 4.78 is 0. The van der Waals surface area contributed by atoms with E-state index in [2.05, 4.69) is 0 Å². The summed E-state index contributed by atoms with van der Waals surface area (Å²) in [6, 6.07) is 7.93. The second-order valence-electron chi connectivity index (χ2n) is 4.68. The maximum atomic E-state index is 11.8. The molecular weight excluding hydrogens is 230 g/mol. The fourth-order valence-electron chi connectivity index (χ4n) is 1.56. The number of rotatable bonds is 5. The number of benzene rings is 1. The highest BCUT2D eigenvalue weighted by molar-refractivity contribution is 5.81. The molecule has 1 rings (SSSR count). The van der Waals surface area contributed by atoms with Gasteiger partial charge in [-0.05, 0) is 12.5 Å². The van der Waals surface area contributed by atoms with Gasteiger partial charge < -0.3 is 10.0 Å². The Kier molecular flexibility index (Phi) is 4.89. The first-order valence-electron chi connectivity index (χ1n) is 5.92. The number of amides is 1. The Morgan fingerprint density at radius 1 is 1.28 bits per heavy atom. The van der Waals surface area contributed by atoms with Crippen molar-refractivity contribution in [3.63, 3.8) is 0 Å². The fourth-order valence-corrected chi connectivity index (χ4v) is 1.56. The largest absolute Gasteiger partial charge is 0.481 e. The van der Waals surface area contributed by atoms with Gasteiger partial charge >= 0.3 is 5.97 Å². The van der Waals surface area contributed by atoms with Crippen LogP contribution in [0.3, 0.4) is 0 Å². The molecule has 0 aliphatic carbocycles. The van der Waals surface area contributed by atoms with Gasteiger partial charge in [0, 0.05) is 20.0 Å². The van der Waals surface area contributed by atoms with Gasteiger partial charge in [-0.15, -0.1) is 0 Å². The average Bonchev–Trinajstić information content (AvgIpc) is 2.31. The Morgan fingerprint density at radius 3 is 2.33 bits per heavy atom. The summed E-state index contributed by atoms with van der Waals surface area (Å²) in [5.41, 5.74) is 2.21. The van der Waals surface area contributed by atoms with Crippen LogP contribution in [0.4, 0.5) is 0 Å². The standard InChI is InChI=1S/C14H19NO3/c1-10-4-6-12(7-5-10)9-15(3)13(16)8-11(2)14(17)18/h4-7,11H,8-9H2,1-3H3,(H,17,18). The van der Waals surface area contributed by atoms with E-state index in [4.69, 9.17) is 5.11 Å². The van der Waals surface area contributed by atoms with Gasteiger partial charge in [0.2, 0.25) is 5.91 Å². The van der Waals surface area contributed by atoms with Gasteiger partial charge in [0.05, 0.1) is 5.92 Å². The Bertz CT molecular complexity index is 425. The molecule has 0 saturated heterocycles. The lowest BCUT2D eigenvalue weighted by atomic mass is 10.1. The molecule has 0 aromatic heterocycles. The highest BCUT2D eigenvalue weighted by Gasteiger charge is 2.18. The third kappa shape index (κ3) is 4.20. The summed E-state index contributed by atoms with van der Waals surface area (Å²) in [4.78, 5) is 24.0. The molecule has 0 bridgehead atoms. The molecule has 1 aromatic rings. The Labute approximate surface area is 107 Å². The van der Waals surface area contributed by atoms with Crippen molar-refractivity contribution in [2.45, 2.75) is 26.8 Å². The van der Waals surface area contributed by atoms with Crippen LogP contribution in [0.15, 0.2) is 24.3 Å². The maximum absolute atomic E-state index is 11.8. The Balaban J connectivity index is 2.54. The molecule has 18 heavy (non-hydrogen) atoms. The van der Waals surface area contributed by atoms with Crippen LogP contribution in [0.25, 0.3) is 0 Å². The van der Waals surface area contributed by atoms with Crippen LogP contribution in [-0.2, 0) is 16.1 Å². The molecule has 1 unspecified atom stereocenters. The molecule has 0 fully saturated rings. The van der Waals surface area contributed by atoms with Gasteiger partial charge in [0.1, 0.15) is 0 Å². The van der Waals surface area contributed by atoms with Gasteiger partial charge in [-0.2, -0.15) is 0 Å². The molecule has 0 aliphatic heterocycles. The summed E-state index contributed by atoms with van der Waals surface area (Å²) >= 11 is 0. The number of carbonyl (C=O) groups is 2. The quantitative estimate of drug-likeness (QED) is 0.869. The van der Waals surface area contributed by atoms with E-state index in [0.717, 1.165) is 5.56 Å². The van der Waals surface area contributed by atoms with E-state index in [0.29, 0.717) is 6.54 Å². The van der Waals surface area contributed by atoms with Crippen molar-refractivity contribution in [1.29, 1.82) is 0 Å². The molecule has 0 aliphatic rings. The zero-order chi connectivity index (χ0) is 13.7. The normalized spacial score (nSPS) is 11.9. The van der Waals surface area contributed by atoms with Gasteiger partial charge in [-0.1, -0.05) is 36.8 Å². The molecule has 0 radical (unpaired) electrons. The number of carboxylic acids is 1. The van der Waals surface area contributed by atoms with Crippen LogP contribution in [-0.4, -0.2) is 28.9 Å². The number of aryl methyl sites for hydroxylation is 1. The van der Waals surface area contributed by atoms with Crippen molar-refractivity contribution < 1.29 is 14.7 Å². The van der Waals surface area contributed by atoms with Crippen LogP contribution in [0.1, 0.15) is 24.5 Å². The third-order valence-corrected chi connectivity index (χ3v) is 2.87. The van der Waals surface area contributed by atoms with E-state index in [-0.39, 0.29) is 12.3 Å². The van der Waals surface area contributed by atoms with Crippen LogP contribution in [0, 0.1) is 12.8 Å². The zero-order valence-electron chi connectivity index (χ0n) is 11.0. The fraction of sp³-hybridized carbons (Fsp3) is 0.429. The van der Waals surface area contributed by atoms with Crippen LogP contribution >= 0.6 is 0 Å². The molecule has 4 heteroatoms. The highest BCUT2D eigenvalue weighted by Crippen LogP contribution is 2.09. The van der Waals surface area contributed by atoms with E-state index < -0.39 is 11.9 Å². The third-order valence-electron chi connectivity index (χ3n) is 2.87. The number of carboxylic acid groups (broad SMARTS) is 1. The number of carbonyl (C=O) groups excluding carboxylic acids is 1. The minimum Gasteiger partial charge on any atom is -0.481 e. The van der Waals surface area contributed by atoms with Gasteiger partial charge in [0.25, 0.3) is 0 Å². The number of aliphatic carboxylic acids is 1. The molecule has 1 aromatic carbocycles. The topological polar surface area (TPSA) is 57.6 Å². The predicted octanol–water partition coefficient (Wildman–Crippen LogP) is 2.06. The van der Waals surface area contributed by atoms with E-state index in [1.165, 1.54) is 5.56 Å². The van der Waals surface area contributed by atoms with Crippen LogP contribution in [0.2, 0.25) is 0 Å². The van der Waals surface area contributed by atoms with Crippen molar-refractivity contribution in [2.75, 3.05) is 7.05 Å². The van der Waals surface area contributed by atoms with Crippen LogP contribution in [0.5, 0.6) is 0 Å². The summed E-state index contributed by atoms with van der Waals surface area (Å²) in [5.74, 6) is -1.73. The summed E-state index contributed by atoms with van der Waals surface area (Å²) in [5, 5.41) is 8.76. The van der Waals surface area contributed by atoms with Crippen molar-refractivity contribution in [3.05, 3.63) is 35.4 Å². The molecule has 1 atom stereocenters. The van der Waals surface area contributed by atoms with Gasteiger partial charge in [-0.3, -0.25) is 9.59 Å². The minimum absolute atomic E-state index is 0.0394. The lowest BCUT2D eigenvalue weighted by Crippen LogP contribution is -2.29.